The Morgan fingerprint density at radius 2 is 2.06 bits per heavy atom. The molecule has 2 heterocycles. The number of anilines is 2. The van der Waals surface area contributed by atoms with E-state index in [1.807, 2.05) is 21.0 Å². The third-order valence-electron chi connectivity index (χ3n) is 6.91. The maximum absolute atomic E-state index is 12.3. The van der Waals surface area contributed by atoms with Crippen molar-refractivity contribution >= 4 is 39.0 Å². The highest BCUT2D eigenvalue weighted by molar-refractivity contribution is 7.19. The lowest BCUT2D eigenvalue weighted by molar-refractivity contribution is -0.129. The molecule has 1 amide bonds. The maximum Gasteiger partial charge on any atom is 0.222 e. The third-order valence-corrected chi connectivity index (χ3v) is 8.07. The minimum absolute atomic E-state index is 0.0619. The van der Waals surface area contributed by atoms with Crippen LogP contribution in [0.3, 0.4) is 0 Å². The Labute approximate surface area is 218 Å². The van der Waals surface area contributed by atoms with E-state index in [0.717, 1.165) is 53.2 Å². The number of benzene rings is 1. The first kappa shape index (κ1) is 26.4. The Morgan fingerprint density at radius 1 is 1.28 bits per heavy atom. The van der Waals surface area contributed by atoms with Gasteiger partial charge in [0.25, 0.3) is 0 Å². The van der Waals surface area contributed by atoms with Crippen molar-refractivity contribution in [3.8, 4) is 5.75 Å². The Balaban J connectivity index is 1.69. The van der Waals surface area contributed by atoms with Gasteiger partial charge in [-0.1, -0.05) is 20.8 Å². The monoisotopic (exact) mass is 509 g/mol. The van der Waals surface area contributed by atoms with Crippen LogP contribution in [-0.4, -0.2) is 47.5 Å². The first-order valence-corrected chi connectivity index (χ1v) is 13.8. The van der Waals surface area contributed by atoms with Gasteiger partial charge in [0.05, 0.1) is 11.1 Å². The number of aryl methyl sites for hydroxylation is 2. The van der Waals surface area contributed by atoms with E-state index in [1.165, 1.54) is 21.6 Å². The van der Waals surface area contributed by atoms with Gasteiger partial charge in [-0.2, -0.15) is 0 Å². The van der Waals surface area contributed by atoms with Crippen molar-refractivity contribution in [3.05, 3.63) is 40.0 Å². The summed E-state index contributed by atoms with van der Waals surface area (Å²) in [6.45, 7) is 8.99. The van der Waals surface area contributed by atoms with Crippen molar-refractivity contribution in [3.63, 3.8) is 0 Å². The molecule has 0 spiro atoms. The van der Waals surface area contributed by atoms with Crippen LogP contribution in [0.4, 0.5) is 11.5 Å². The molecule has 1 aliphatic rings. The number of carbonyl (C=O) groups is 1. The molecule has 4 rings (SSSR count). The van der Waals surface area contributed by atoms with Gasteiger partial charge < -0.3 is 20.7 Å². The smallest absolute Gasteiger partial charge is 0.222 e. The summed E-state index contributed by atoms with van der Waals surface area (Å²) < 4.78 is 6.17. The van der Waals surface area contributed by atoms with Gasteiger partial charge in [0, 0.05) is 31.4 Å². The van der Waals surface area contributed by atoms with Gasteiger partial charge >= 0.3 is 0 Å². The molecule has 1 aromatic carbocycles. The molecule has 8 heteroatoms. The molecule has 0 fully saturated rings. The SMILES string of the molecule is CCc1cc(Nc2ncnc3sc4c(c23)CCC(CC(=O)N(C)C)C4)c(OCC(C)N)cc1C(C)C. The number of hydrogen-bond acceptors (Lipinski definition) is 7. The number of thiophene rings is 1. The van der Waals surface area contributed by atoms with Crippen LogP contribution in [-0.2, 0) is 24.1 Å². The van der Waals surface area contributed by atoms with E-state index in [9.17, 15) is 4.79 Å². The van der Waals surface area contributed by atoms with Crippen LogP contribution in [0, 0.1) is 5.92 Å². The van der Waals surface area contributed by atoms with Crippen LogP contribution < -0.4 is 15.8 Å². The van der Waals surface area contributed by atoms with E-state index in [0.29, 0.717) is 24.9 Å². The molecule has 0 bridgehead atoms. The van der Waals surface area contributed by atoms with Gasteiger partial charge in [-0.25, -0.2) is 9.97 Å². The molecule has 0 saturated carbocycles. The summed E-state index contributed by atoms with van der Waals surface area (Å²) in [5, 5.41) is 4.70. The molecular formula is C28H39N5O2S. The second kappa shape index (κ2) is 11.1. The first-order valence-electron chi connectivity index (χ1n) is 12.9. The third kappa shape index (κ3) is 5.65. The molecular weight excluding hydrogens is 470 g/mol. The molecule has 7 nitrogen and oxygen atoms in total. The number of amides is 1. The average Bonchev–Trinajstić information content (AvgIpc) is 3.21. The summed E-state index contributed by atoms with van der Waals surface area (Å²) in [5.74, 6) is 2.58. The summed E-state index contributed by atoms with van der Waals surface area (Å²) in [6.07, 6.45) is 6.02. The first-order chi connectivity index (χ1) is 17.2. The van der Waals surface area contributed by atoms with Crippen LogP contribution >= 0.6 is 11.3 Å². The van der Waals surface area contributed by atoms with Crippen molar-refractivity contribution in [2.75, 3.05) is 26.0 Å². The van der Waals surface area contributed by atoms with Crippen molar-refractivity contribution < 1.29 is 9.53 Å². The zero-order valence-electron chi connectivity index (χ0n) is 22.4. The van der Waals surface area contributed by atoms with E-state index in [-0.39, 0.29) is 11.9 Å². The summed E-state index contributed by atoms with van der Waals surface area (Å²) in [6, 6.07) is 4.29. The van der Waals surface area contributed by atoms with Gasteiger partial charge in [-0.3, -0.25) is 4.79 Å². The second-order valence-corrected chi connectivity index (χ2v) is 11.6. The summed E-state index contributed by atoms with van der Waals surface area (Å²) in [4.78, 5) is 25.5. The minimum Gasteiger partial charge on any atom is -0.490 e. The molecule has 2 atom stereocenters. The number of hydrogen-bond donors (Lipinski definition) is 2. The summed E-state index contributed by atoms with van der Waals surface area (Å²) in [7, 11) is 3.65. The Hall–Kier alpha value is -2.71. The van der Waals surface area contributed by atoms with Crippen LogP contribution in [0.15, 0.2) is 18.5 Å². The second-order valence-electron chi connectivity index (χ2n) is 10.5. The molecule has 0 radical (unpaired) electrons. The number of nitrogens with two attached hydrogens (primary N) is 1. The Morgan fingerprint density at radius 3 is 2.72 bits per heavy atom. The van der Waals surface area contributed by atoms with E-state index in [2.05, 4.69) is 48.2 Å². The number of nitrogens with zero attached hydrogens (tertiary/aromatic N) is 3. The number of carbonyl (C=O) groups excluding carboxylic acids is 1. The molecule has 2 unspecified atom stereocenters. The Kier molecular flexibility index (Phi) is 8.15. The Bertz CT molecular complexity index is 1230. The minimum atomic E-state index is -0.0619. The number of rotatable bonds is 9. The van der Waals surface area contributed by atoms with Crippen LogP contribution in [0.25, 0.3) is 10.2 Å². The zero-order chi connectivity index (χ0) is 26.0. The molecule has 3 aromatic rings. The highest BCUT2D eigenvalue weighted by atomic mass is 32.1. The van der Waals surface area contributed by atoms with Crippen molar-refractivity contribution in [1.29, 1.82) is 0 Å². The van der Waals surface area contributed by atoms with E-state index < -0.39 is 0 Å². The number of nitrogens with one attached hydrogen (secondary N) is 1. The van der Waals surface area contributed by atoms with E-state index in [4.69, 9.17) is 10.5 Å². The summed E-state index contributed by atoms with van der Waals surface area (Å²) in [5.41, 5.74) is 10.8. The molecule has 2 aromatic heterocycles. The quantitative estimate of drug-likeness (QED) is 0.400. The van der Waals surface area contributed by atoms with E-state index >= 15 is 0 Å². The number of aromatic nitrogens is 2. The predicted molar refractivity (Wildman–Crippen MR) is 149 cm³/mol. The lowest BCUT2D eigenvalue weighted by atomic mass is 9.85. The highest BCUT2D eigenvalue weighted by Gasteiger charge is 2.27. The molecule has 0 aliphatic heterocycles. The summed E-state index contributed by atoms with van der Waals surface area (Å²) >= 11 is 1.73. The fourth-order valence-electron chi connectivity index (χ4n) is 4.93. The van der Waals surface area contributed by atoms with Crippen LogP contribution in [0.5, 0.6) is 5.75 Å². The van der Waals surface area contributed by atoms with Gasteiger partial charge in [0.2, 0.25) is 5.91 Å². The van der Waals surface area contributed by atoms with Gasteiger partial charge in [0.15, 0.2) is 0 Å². The normalized spacial score (nSPS) is 16.2. The molecule has 36 heavy (non-hydrogen) atoms. The zero-order valence-corrected chi connectivity index (χ0v) is 23.2. The largest absolute Gasteiger partial charge is 0.490 e. The van der Waals surface area contributed by atoms with Gasteiger partial charge in [-0.05, 0) is 73.3 Å². The maximum atomic E-state index is 12.3. The predicted octanol–water partition coefficient (Wildman–Crippen LogP) is 5.43. The number of ether oxygens (including phenoxy) is 1. The average molecular weight is 510 g/mol. The van der Waals surface area contributed by atoms with Crippen LogP contribution in [0.2, 0.25) is 0 Å². The highest BCUT2D eigenvalue weighted by Crippen LogP contribution is 2.42. The van der Waals surface area contributed by atoms with E-state index in [1.54, 1.807) is 22.6 Å². The van der Waals surface area contributed by atoms with Gasteiger partial charge in [-0.15, -0.1) is 11.3 Å². The topological polar surface area (TPSA) is 93.4 Å². The molecule has 0 saturated heterocycles. The fourth-order valence-corrected chi connectivity index (χ4v) is 6.23. The number of fused-ring (bicyclic) bond motifs is 3. The lowest BCUT2D eigenvalue weighted by Gasteiger charge is -2.23. The lowest BCUT2D eigenvalue weighted by Crippen LogP contribution is -2.26. The van der Waals surface area contributed by atoms with Crippen LogP contribution in [0.1, 0.15) is 68.0 Å². The molecule has 1 aliphatic carbocycles. The fraction of sp³-hybridized carbons (Fsp3) is 0.536. The van der Waals surface area contributed by atoms with Crippen molar-refractivity contribution in [2.45, 2.75) is 71.8 Å². The van der Waals surface area contributed by atoms with Gasteiger partial charge in [0.1, 0.15) is 29.3 Å². The molecule has 194 valence electrons. The standard InChI is InChI=1S/C28H39N5O2S/c1-7-19-12-22(23(35-14-17(4)29)13-21(19)16(2)3)32-27-26-20-9-8-18(11-25(34)33(5)6)10-24(20)36-28(26)31-15-30-27/h12-13,15-18H,7-11,14,29H2,1-6H3,(H,30,31,32). The van der Waals surface area contributed by atoms with Crippen molar-refractivity contribution in [1.82, 2.24) is 14.9 Å². The molecule has 3 N–H and O–H groups in total. The van der Waals surface area contributed by atoms with Crippen molar-refractivity contribution in [2.24, 2.45) is 11.7 Å².